The van der Waals surface area contributed by atoms with Gasteiger partial charge in [-0.2, -0.15) is 0 Å². The van der Waals surface area contributed by atoms with E-state index >= 15 is 0 Å². The summed E-state index contributed by atoms with van der Waals surface area (Å²) in [5, 5.41) is 21.4. The molecule has 6 atom stereocenters. The lowest BCUT2D eigenvalue weighted by molar-refractivity contribution is -0.151. The number of aromatic amines is 1. The van der Waals surface area contributed by atoms with Crippen molar-refractivity contribution in [2.75, 3.05) is 12.7 Å². The number of carbonyl (C=O) groups is 1. The Bertz CT molecular complexity index is 1310. The summed E-state index contributed by atoms with van der Waals surface area (Å²) in [4.78, 5) is 15.2. The van der Waals surface area contributed by atoms with Crippen LogP contribution < -0.4 is 4.52 Å². The van der Waals surface area contributed by atoms with Gasteiger partial charge in [-0.05, 0) is 45.1 Å². The van der Waals surface area contributed by atoms with Crippen molar-refractivity contribution >= 4 is 38.0 Å². The monoisotopic (exact) mass is 560 g/mol. The van der Waals surface area contributed by atoms with Crippen molar-refractivity contribution in [3.05, 3.63) is 51.5 Å². The lowest BCUT2D eigenvalue weighted by Crippen LogP contribution is -2.34. The van der Waals surface area contributed by atoms with Crippen LogP contribution in [0.3, 0.4) is 0 Å². The minimum absolute atomic E-state index is 0.0783. The van der Waals surface area contributed by atoms with E-state index in [4.69, 9.17) is 45.7 Å². The Morgan fingerprint density at radius 1 is 1.25 bits per heavy atom. The molecule has 3 N–H and O–H groups in total. The number of hydrogen-bond acceptors (Lipinski definition) is 10. The van der Waals surface area contributed by atoms with Gasteiger partial charge in [0.25, 0.3) is 0 Å². The zero-order valence-corrected chi connectivity index (χ0v) is 22.7. The van der Waals surface area contributed by atoms with E-state index in [9.17, 15) is 19.6 Å². The summed E-state index contributed by atoms with van der Waals surface area (Å²) in [6.45, 7) is 3.53. The molecular formula is C23H31N2O8PS2. The molecule has 1 saturated heterocycles. The topological polar surface area (TPSA) is 132 Å². The zero-order chi connectivity index (χ0) is 28.4. The number of nitrogens with zero attached hydrogens (tertiary/aromatic N) is 1. The normalized spacial score (nSPS) is 25.5. The number of nitrogens with one attached hydrogen (secondary N) is 1. The summed E-state index contributed by atoms with van der Waals surface area (Å²) in [7, 11) is -4.43. The molecule has 10 nitrogen and oxygen atoms in total. The third-order valence-electron chi connectivity index (χ3n) is 5.21. The van der Waals surface area contributed by atoms with Crippen molar-refractivity contribution in [1.29, 1.82) is 0 Å². The van der Waals surface area contributed by atoms with Gasteiger partial charge in [-0.15, -0.1) is 0 Å². The van der Waals surface area contributed by atoms with Gasteiger partial charge in [0.2, 0.25) is 0 Å². The molecule has 36 heavy (non-hydrogen) atoms. The number of H-pyrrole nitrogens is 1. The quantitative estimate of drug-likeness (QED) is 0.222. The molecule has 13 heteroatoms. The van der Waals surface area contributed by atoms with Gasteiger partial charge in [0.05, 0.1) is 27.5 Å². The maximum absolute atomic E-state index is 13.9. The third-order valence-corrected chi connectivity index (χ3v) is 7.81. The van der Waals surface area contributed by atoms with Gasteiger partial charge in [-0.3, -0.25) is 13.9 Å². The predicted octanol–water partition coefficient (Wildman–Crippen LogP) is 4.08. The molecule has 0 spiro atoms. The van der Waals surface area contributed by atoms with Crippen LogP contribution in [0, 0.1) is 22.3 Å². The number of benzene rings is 1. The molecule has 1 aliphatic heterocycles. The lowest BCUT2D eigenvalue weighted by atomic mass is 10.1. The van der Waals surface area contributed by atoms with Gasteiger partial charge >= 0.3 is 13.6 Å². The Morgan fingerprint density at radius 3 is 2.56 bits per heavy atom. The van der Waals surface area contributed by atoms with Gasteiger partial charge in [0.1, 0.15) is 28.7 Å². The van der Waals surface area contributed by atoms with E-state index in [1.807, 2.05) is 0 Å². The number of hydrogen-bond donors (Lipinski definition) is 3. The molecule has 2 unspecified atom stereocenters. The molecule has 198 valence electrons. The number of carbonyl (C=O) groups excluding carboxylic acids is 1. The molecule has 0 aliphatic carbocycles. The van der Waals surface area contributed by atoms with Crippen molar-refractivity contribution in [2.24, 2.45) is 5.92 Å². The summed E-state index contributed by atoms with van der Waals surface area (Å²) in [5.74, 6) is -1.53. The average molecular weight is 561 g/mol. The average Bonchev–Trinajstić information content (AvgIpc) is 3.11. The van der Waals surface area contributed by atoms with E-state index < -0.39 is 62.8 Å². The van der Waals surface area contributed by atoms with E-state index in [1.165, 1.54) is 29.8 Å². The third kappa shape index (κ3) is 7.10. The van der Waals surface area contributed by atoms with E-state index in [-0.39, 0.29) is 10.5 Å². The van der Waals surface area contributed by atoms with Gasteiger partial charge in [0, 0.05) is 11.8 Å². The fourth-order valence-corrected chi connectivity index (χ4v) is 5.57. The van der Waals surface area contributed by atoms with E-state index in [2.05, 4.69) is 4.98 Å². The minimum Gasteiger partial charge on any atom is -0.463 e. The molecule has 0 bridgehead atoms. The Kier molecular flexibility index (Phi) is 8.63. The van der Waals surface area contributed by atoms with Crippen LogP contribution in [0.25, 0.3) is 0 Å². The Morgan fingerprint density at radius 2 is 1.92 bits per heavy atom. The van der Waals surface area contributed by atoms with Crippen LogP contribution in [0.2, 0.25) is 0 Å². The highest BCUT2D eigenvalue weighted by atomic mass is 32.1. The second-order valence-electron chi connectivity index (χ2n) is 8.70. The summed E-state index contributed by atoms with van der Waals surface area (Å²) in [6, 6.07) is 7.92. The number of para-hydroxylation sites is 1. The fourth-order valence-electron chi connectivity index (χ4n) is 3.39. The summed E-state index contributed by atoms with van der Waals surface area (Å²) >= 11 is 10.4. The summed E-state index contributed by atoms with van der Waals surface area (Å²) in [6.07, 6.45) is -5.97. The van der Waals surface area contributed by atoms with Crippen LogP contribution in [0.1, 0.15) is 35.3 Å². The van der Waals surface area contributed by atoms with Crippen LogP contribution in [0.5, 0.6) is 5.75 Å². The van der Waals surface area contributed by atoms with Crippen molar-refractivity contribution in [3.63, 3.8) is 0 Å². The maximum atomic E-state index is 13.9. The number of esters is 1. The van der Waals surface area contributed by atoms with Crippen LogP contribution in [-0.4, -0.2) is 62.9 Å². The van der Waals surface area contributed by atoms with E-state index in [0.717, 1.165) is 0 Å². The largest absolute Gasteiger partial charge is 0.463 e. The van der Waals surface area contributed by atoms with Gasteiger partial charge in [-0.25, -0.2) is 4.57 Å². The van der Waals surface area contributed by atoms with E-state index in [0.29, 0.717) is 10.2 Å². The van der Waals surface area contributed by atoms with Crippen molar-refractivity contribution in [1.82, 2.24) is 9.55 Å². The molecule has 1 aromatic carbocycles. The van der Waals surface area contributed by atoms with Crippen LogP contribution >= 0.6 is 32.0 Å². The number of aryl methyl sites for hydroxylation is 1. The standard InChI is InChI=1S/C23H31N2O8PS2/c1-13(2)31-22(28)15(4)12-34(29,33-16-8-6-5-7-9-16)30-11-17-18(26)19(27)21(32-17)25-10-14(3)20(35)24-23(25)36/h5-10,13,15,17-19,21,26-27H,11-12H2,1-4H3,(H,24,35,36)/t15-,17+,18?,19-,21+,34?/m1/s1/i11D2. The number of aliphatic hydroxyl groups is 2. The van der Waals surface area contributed by atoms with E-state index in [1.54, 1.807) is 39.0 Å². The molecule has 2 heterocycles. The van der Waals surface area contributed by atoms with Gasteiger partial charge in [0.15, 0.2) is 11.0 Å². The molecule has 1 aromatic heterocycles. The number of aliphatic hydroxyl groups excluding tert-OH is 2. The lowest BCUT2D eigenvalue weighted by Gasteiger charge is -2.24. The first-order valence-electron chi connectivity index (χ1n) is 12.2. The van der Waals surface area contributed by atoms with Crippen molar-refractivity contribution in [2.45, 2.75) is 58.3 Å². The first-order chi connectivity index (χ1) is 17.6. The molecule has 0 amide bonds. The number of ether oxygens (including phenoxy) is 2. The van der Waals surface area contributed by atoms with Gasteiger partial charge in [-0.1, -0.05) is 37.3 Å². The first kappa shape index (κ1) is 25.7. The molecule has 0 radical (unpaired) electrons. The van der Waals surface area contributed by atoms with Crippen molar-refractivity contribution in [3.8, 4) is 5.75 Å². The predicted molar refractivity (Wildman–Crippen MR) is 137 cm³/mol. The van der Waals surface area contributed by atoms with Crippen LogP contribution in [0.15, 0.2) is 36.5 Å². The minimum atomic E-state index is -4.43. The molecule has 1 fully saturated rings. The highest BCUT2D eigenvalue weighted by Crippen LogP contribution is 2.50. The smallest absolute Gasteiger partial charge is 0.380 e. The molecule has 1 aliphatic rings. The number of aromatic nitrogens is 2. The SMILES string of the molecule is [2H]C([2H])(OP(=O)(C[C@@H](C)C(=O)OC(C)C)Oc1ccccc1)[C@@H]1O[C@H](n2cc(C)c(=S)[nH]c2=S)[C@H](O)C1O. The zero-order valence-electron chi connectivity index (χ0n) is 22.2. The highest BCUT2D eigenvalue weighted by molar-refractivity contribution is 7.72. The Balaban J connectivity index is 1.90. The first-order valence-corrected chi connectivity index (χ1v) is 13.8. The molecule has 3 rings (SSSR count). The fraction of sp³-hybridized carbons (Fsp3) is 0.522. The Labute approximate surface area is 222 Å². The second kappa shape index (κ2) is 12.1. The summed E-state index contributed by atoms with van der Waals surface area (Å²) < 4.78 is 54.6. The maximum Gasteiger partial charge on any atom is 0.380 e. The van der Waals surface area contributed by atoms with Crippen molar-refractivity contribution < 1.29 is 40.8 Å². The second-order valence-corrected chi connectivity index (χ2v) is 11.4. The van der Waals surface area contributed by atoms with Gasteiger partial charge < -0.3 is 29.2 Å². The number of rotatable bonds is 10. The molecular weight excluding hydrogens is 527 g/mol. The van der Waals surface area contributed by atoms with Crippen LogP contribution in [0.4, 0.5) is 0 Å². The van der Waals surface area contributed by atoms with Crippen LogP contribution in [-0.2, 0) is 23.4 Å². The Hall–Kier alpha value is -1.92. The summed E-state index contributed by atoms with van der Waals surface area (Å²) in [5.41, 5.74) is 0.602. The highest BCUT2D eigenvalue weighted by Gasteiger charge is 2.45. The molecule has 0 saturated carbocycles. The molecule has 2 aromatic rings.